The molecule has 1 saturated carbocycles. The van der Waals surface area contributed by atoms with Crippen molar-refractivity contribution in [2.45, 2.75) is 113 Å². The fourth-order valence-corrected chi connectivity index (χ4v) is 8.94. The van der Waals surface area contributed by atoms with Crippen LogP contribution in [0.1, 0.15) is 88.7 Å². The molecule has 0 radical (unpaired) electrons. The summed E-state index contributed by atoms with van der Waals surface area (Å²) in [6.07, 6.45) is 9.04. The van der Waals surface area contributed by atoms with E-state index in [1.807, 2.05) is 60.7 Å². The molecule has 0 aromatic heterocycles. The molecule has 49 heavy (non-hydrogen) atoms. The summed E-state index contributed by atoms with van der Waals surface area (Å²) < 4.78 is 13.6. The van der Waals surface area contributed by atoms with Gasteiger partial charge in [0.1, 0.15) is 18.6 Å². The van der Waals surface area contributed by atoms with Crippen LogP contribution in [0.2, 0.25) is 0 Å². The molecule has 6 rings (SSSR count). The van der Waals surface area contributed by atoms with E-state index in [4.69, 9.17) is 9.47 Å². The number of piperidine rings is 1. The molecule has 8 nitrogen and oxygen atoms in total. The first-order valence-corrected chi connectivity index (χ1v) is 17.9. The molecule has 1 aliphatic carbocycles. The molecule has 4 fully saturated rings. The van der Waals surface area contributed by atoms with Gasteiger partial charge in [-0.3, -0.25) is 4.79 Å². The fraction of sp³-hybridized carbons (Fsp3) is 0.641. The topological polar surface area (TPSA) is 93.1 Å². The quantitative estimate of drug-likeness (QED) is 0.258. The second-order valence-electron chi connectivity index (χ2n) is 15.6. The number of benzene rings is 2. The maximum absolute atomic E-state index is 12.9. The van der Waals surface area contributed by atoms with Crippen LogP contribution >= 0.6 is 0 Å². The number of rotatable bonds is 9. The van der Waals surface area contributed by atoms with E-state index in [9.17, 15) is 19.8 Å². The number of carbonyl (C=O) groups is 2. The number of hydrogen-bond acceptors (Lipinski definition) is 6. The van der Waals surface area contributed by atoms with Gasteiger partial charge in [-0.1, -0.05) is 73.5 Å². The van der Waals surface area contributed by atoms with Crippen molar-refractivity contribution in [1.82, 2.24) is 0 Å². The highest BCUT2D eigenvalue weighted by molar-refractivity contribution is 5.82. The molecule has 274 valence electrons. The lowest BCUT2D eigenvalue weighted by atomic mass is 9.80. The molecule has 3 heterocycles. The van der Waals surface area contributed by atoms with Gasteiger partial charge < -0.3 is 62.6 Å². The Labute approximate surface area is 314 Å². The molecule has 4 unspecified atom stereocenters. The Balaban J connectivity index is 0.000000255. The molecule has 0 amide bonds. The van der Waals surface area contributed by atoms with Crippen LogP contribution in [0.15, 0.2) is 60.7 Å². The number of nitrogens with zero attached hydrogens (tertiary/aromatic N) is 2. The molecule has 10 heteroatoms. The molecule has 0 spiro atoms. The van der Waals surface area contributed by atoms with Gasteiger partial charge in [0.25, 0.3) is 0 Å². The highest BCUT2D eigenvalue weighted by Crippen LogP contribution is 2.44. The van der Waals surface area contributed by atoms with Crippen molar-refractivity contribution in [3.63, 3.8) is 0 Å². The van der Waals surface area contributed by atoms with Crippen molar-refractivity contribution in [2.75, 3.05) is 40.8 Å². The number of carbonyl (C=O) groups excluding carboxylic acids is 2. The predicted octanol–water partition coefficient (Wildman–Crippen LogP) is -0.682. The van der Waals surface area contributed by atoms with Crippen molar-refractivity contribution >= 4 is 11.9 Å². The second-order valence-corrected chi connectivity index (χ2v) is 15.6. The predicted molar refractivity (Wildman–Crippen MR) is 182 cm³/mol. The van der Waals surface area contributed by atoms with Crippen LogP contribution in [0.25, 0.3) is 0 Å². The Kier molecular flexibility index (Phi) is 14.9. The summed E-state index contributed by atoms with van der Waals surface area (Å²) in [6, 6.07) is 20.5. The zero-order valence-electron chi connectivity index (χ0n) is 30.0. The van der Waals surface area contributed by atoms with Crippen molar-refractivity contribution in [3.8, 4) is 0 Å². The van der Waals surface area contributed by atoms with E-state index in [0.717, 1.165) is 72.6 Å². The molecule has 2 bridgehead atoms. The monoisotopic (exact) mass is 808 g/mol. The number of likely N-dealkylation sites (N-methyl/N-ethyl adjacent to an activating group) is 1. The number of halogens is 2. The fourth-order valence-electron chi connectivity index (χ4n) is 8.94. The number of likely N-dealkylation sites (tertiary alicyclic amines) is 1. The van der Waals surface area contributed by atoms with E-state index >= 15 is 0 Å². The zero-order chi connectivity index (χ0) is 33.8. The van der Waals surface area contributed by atoms with Crippen LogP contribution in [0.5, 0.6) is 0 Å². The second kappa shape index (κ2) is 17.6. The summed E-state index contributed by atoms with van der Waals surface area (Å²) in [6.45, 7) is 6.22. The molecule has 4 aliphatic rings. The van der Waals surface area contributed by atoms with E-state index in [1.165, 1.54) is 12.8 Å². The summed E-state index contributed by atoms with van der Waals surface area (Å²) in [4.78, 5) is 25.5. The number of ether oxygens (including phenoxy) is 2. The number of esters is 2. The first-order chi connectivity index (χ1) is 22.4. The van der Waals surface area contributed by atoms with Gasteiger partial charge in [0, 0.05) is 38.0 Å². The van der Waals surface area contributed by atoms with Gasteiger partial charge in [0.2, 0.25) is 0 Å². The Morgan fingerprint density at radius 2 is 1.37 bits per heavy atom. The first-order valence-electron chi connectivity index (χ1n) is 17.9. The SMILES string of the molecule is CC(C)[N+]1(C)[C@@H]2CC[C@H]1C[C@@H](OC(=O)C(CO)c1ccccc1)C2.C[N+]1(C)CCC(OC(=O)C(O)(c2ccccc2)C2CCCC2)C1.[Br-].[Br-]. The molecule has 2 N–H and O–H groups in total. The number of fused-ring (bicyclic) bond motifs is 2. The Morgan fingerprint density at radius 3 is 1.86 bits per heavy atom. The third-order valence-corrected chi connectivity index (χ3v) is 12.0. The van der Waals surface area contributed by atoms with E-state index in [0.29, 0.717) is 23.7 Å². The van der Waals surface area contributed by atoms with Crippen LogP contribution in [0.3, 0.4) is 0 Å². The van der Waals surface area contributed by atoms with Crippen LogP contribution in [-0.4, -0.2) is 102 Å². The number of hydrogen-bond donors (Lipinski definition) is 2. The number of quaternary nitrogens is 2. The molecule has 7 atom stereocenters. The summed E-state index contributed by atoms with van der Waals surface area (Å²) in [7, 11) is 6.66. The van der Waals surface area contributed by atoms with Crippen molar-refractivity contribution < 1.29 is 72.2 Å². The van der Waals surface area contributed by atoms with E-state index in [-0.39, 0.29) is 64.7 Å². The van der Waals surface area contributed by atoms with Crippen molar-refractivity contribution in [3.05, 3.63) is 71.8 Å². The zero-order valence-corrected chi connectivity index (χ0v) is 33.2. The minimum atomic E-state index is -1.50. The molecule has 3 aliphatic heterocycles. The minimum absolute atomic E-state index is 0. The number of aliphatic hydroxyl groups is 2. The summed E-state index contributed by atoms with van der Waals surface area (Å²) >= 11 is 0. The first kappa shape index (κ1) is 41.6. The van der Waals surface area contributed by atoms with Crippen LogP contribution < -0.4 is 34.0 Å². The van der Waals surface area contributed by atoms with Crippen LogP contribution in [-0.2, 0) is 24.7 Å². The van der Waals surface area contributed by atoms with Crippen LogP contribution in [0, 0.1) is 5.92 Å². The number of aliphatic hydroxyl groups excluding tert-OH is 1. The Morgan fingerprint density at radius 1 is 0.816 bits per heavy atom. The van der Waals surface area contributed by atoms with Crippen LogP contribution in [0.4, 0.5) is 0 Å². The smallest absolute Gasteiger partial charge is 0.343 e. The average molecular weight is 811 g/mol. The maximum atomic E-state index is 12.9. The van der Waals surface area contributed by atoms with Gasteiger partial charge in [-0.15, -0.1) is 0 Å². The largest absolute Gasteiger partial charge is 1.00 e. The van der Waals surface area contributed by atoms with Gasteiger partial charge in [-0.25, -0.2) is 4.79 Å². The highest BCUT2D eigenvalue weighted by Gasteiger charge is 2.54. The molecule has 3 saturated heterocycles. The minimum Gasteiger partial charge on any atom is -1.00 e. The standard InChI is InChI=1S/C20H30NO3.C19H28NO3.2BrH/c1-14(2)21(3)16-9-10-17(21)12-18(11-16)24-20(23)19(13-22)15-7-5-4-6-8-15;1-20(2)13-12-17(14-20)23-18(21)19(22,16-10-6-7-11-16)15-8-4-3-5-9-15;;/h4-8,14,16-19,22H,9-13H2,1-3H3;3-5,8-9,16-17,22H,6-7,10-14H2,1-2H3;2*1H/q2*+1;;/p-2/t16-,17+,18+,19?,21?;;;. The van der Waals surface area contributed by atoms with Gasteiger partial charge in [0.05, 0.1) is 52.4 Å². The summed E-state index contributed by atoms with van der Waals surface area (Å²) in [5.41, 5.74) is -0.00691. The third kappa shape index (κ3) is 9.16. The lowest BCUT2D eigenvalue weighted by Gasteiger charge is -2.49. The molecule has 2 aromatic rings. The summed E-state index contributed by atoms with van der Waals surface area (Å²) in [5.74, 6) is -1.35. The van der Waals surface area contributed by atoms with Gasteiger partial charge in [-0.2, -0.15) is 0 Å². The van der Waals surface area contributed by atoms with Gasteiger partial charge in [-0.05, 0) is 37.8 Å². The maximum Gasteiger partial charge on any atom is 0.343 e. The average Bonchev–Trinajstić information content (AvgIpc) is 3.75. The van der Waals surface area contributed by atoms with E-state index < -0.39 is 17.5 Å². The Hall–Kier alpha value is -1.82. The van der Waals surface area contributed by atoms with E-state index in [2.05, 4.69) is 35.0 Å². The van der Waals surface area contributed by atoms with Gasteiger partial charge >= 0.3 is 11.9 Å². The van der Waals surface area contributed by atoms with E-state index in [1.54, 1.807) is 0 Å². The molecular weight excluding hydrogens is 752 g/mol. The third-order valence-electron chi connectivity index (χ3n) is 12.0. The molecule has 2 aromatic carbocycles. The summed E-state index contributed by atoms with van der Waals surface area (Å²) in [5, 5.41) is 21.0. The van der Waals surface area contributed by atoms with Crippen molar-refractivity contribution in [1.29, 1.82) is 0 Å². The highest BCUT2D eigenvalue weighted by atomic mass is 79.9. The van der Waals surface area contributed by atoms with Gasteiger partial charge in [0.15, 0.2) is 11.7 Å². The lowest BCUT2D eigenvalue weighted by molar-refractivity contribution is -0.968. The lowest BCUT2D eigenvalue weighted by Crippen LogP contribution is -3.00. The normalized spacial score (nSPS) is 29.0. The molecular formula is C39H58Br2N2O6. The Bertz CT molecular complexity index is 1330. The van der Waals surface area contributed by atoms with Crippen molar-refractivity contribution in [2.24, 2.45) is 5.92 Å².